The lowest BCUT2D eigenvalue weighted by Crippen LogP contribution is -2.40. The first-order chi connectivity index (χ1) is 11.0. The average molecular weight is 367 g/mol. The van der Waals surface area contributed by atoms with Crippen LogP contribution in [0.15, 0.2) is 18.2 Å². The number of rotatable bonds is 3. The zero-order valence-electron chi connectivity index (χ0n) is 14.1. The van der Waals surface area contributed by atoms with E-state index in [9.17, 15) is 4.79 Å². The van der Waals surface area contributed by atoms with Gasteiger partial charge in [0, 0.05) is 17.5 Å². The third-order valence-corrected chi connectivity index (χ3v) is 5.01. The number of aromatic nitrogens is 2. The molecule has 1 aliphatic heterocycles. The molecule has 2 aromatic rings. The minimum atomic E-state index is 0. The first kappa shape index (κ1) is 18.8. The summed E-state index contributed by atoms with van der Waals surface area (Å²) in [4.78, 5) is 12.4. The number of carbonyl (C=O) groups is 1. The smallest absolute Gasteiger partial charge is 0.229 e. The van der Waals surface area contributed by atoms with Gasteiger partial charge < -0.3 is 10.6 Å². The molecule has 1 aromatic heterocycles. The second-order valence-electron chi connectivity index (χ2n) is 6.35. The van der Waals surface area contributed by atoms with Gasteiger partial charge in [0.25, 0.3) is 0 Å². The maximum atomic E-state index is 12.4. The molecule has 3 rings (SSSR count). The normalized spacial score (nSPS) is 20.3. The fourth-order valence-corrected chi connectivity index (χ4v) is 3.80. The van der Waals surface area contributed by atoms with Crippen LogP contribution in [0.5, 0.6) is 0 Å². The summed E-state index contributed by atoms with van der Waals surface area (Å²) in [6.45, 7) is 7.14. The number of halogens is 1. The van der Waals surface area contributed by atoms with Crippen LogP contribution < -0.4 is 10.6 Å². The number of nitrogens with zero attached hydrogens (tertiary/aromatic N) is 2. The van der Waals surface area contributed by atoms with E-state index in [-0.39, 0.29) is 24.2 Å². The lowest BCUT2D eigenvalue weighted by Gasteiger charge is -2.26. The minimum absolute atomic E-state index is 0. The summed E-state index contributed by atoms with van der Waals surface area (Å²) in [6, 6.07) is 6.70. The van der Waals surface area contributed by atoms with Crippen LogP contribution in [-0.2, 0) is 4.79 Å². The number of hydrogen-bond acceptors (Lipinski definition) is 5. The summed E-state index contributed by atoms with van der Waals surface area (Å²) in [5.74, 6) is 0.112. The fourth-order valence-electron chi connectivity index (χ4n) is 3.07. The Bertz CT molecular complexity index is 698. The highest BCUT2D eigenvalue weighted by molar-refractivity contribution is 7.18. The van der Waals surface area contributed by atoms with Crippen LogP contribution in [0.25, 0.3) is 10.6 Å². The van der Waals surface area contributed by atoms with Crippen LogP contribution in [0, 0.1) is 19.8 Å². The van der Waals surface area contributed by atoms with Crippen LogP contribution >= 0.6 is 23.7 Å². The number of piperidine rings is 1. The first-order valence-electron chi connectivity index (χ1n) is 7.97. The van der Waals surface area contributed by atoms with Gasteiger partial charge in [0.1, 0.15) is 5.01 Å². The minimum Gasteiger partial charge on any atom is -0.314 e. The molecule has 2 N–H and O–H groups in total. The molecule has 0 bridgehead atoms. The Morgan fingerprint density at radius 1 is 1.25 bits per heavy atom. The largest absolute Gasteiger partial charge is 0.314 e. The van der Waals surface area contributed by atoms with E-state index in [0.717, 1.165) is 30.0 Å². The van der Waals surface area contributed by atoms with E-state index in [0.29, 0.717) is 11.2 Å². The molecule has 1 saturated heterocycles. The molecule has 24 heavy (non-hydrogen) atoms. The molecular formula is C17H23ClN4OS. The van der Waals surface area contributed by atoms with Gasteiger partial charge in [0.15, 0.2) is 0 Å². The quantitative estimate of drug-likeness (QED) is 0.871. The zero-order valence-corrected chi connectivity index (χ0v) is 15.8. The Labute approximate surface area is 152 Å². The van der Waals surface area contributed by atoms with E-state index in [4.69, 9.17) is 0 Å². The van der Waals surface area contributed by atoms with Gasteiger partial charge in [0.05, 0.1) is 0 Å². The Balaban J connectivity index is 0.00000208. The van der Waals surface area contributed by atoms with Crippen molar-refractivity contribution in [3.8, 4) is 10.6 Å². The van der Waals surface area contributed by atoms with Gasteiger partial charge in [-0.3, -0.25) is 4.79 Å². The van der Waals surface area contributed by atoms with Crippen molar-refractivity contribution < 1.29 is 4.79 Å². The van der Waals surface area contributed by atoms with Crippen molar-refractivity contribution >= 4 is 34.8 Å². The molecule has 2 atom stereocenters. The standard InChI is InChI=1S/C17H22N4OS.ClH/c1-10-6-11(2)8-14(7-10)16-20-21-17(23-16)19-15(22)13-4-5-18-12(3)9-13;/h6-8,12-13,18H,4-5,9H2,1-3H3,(H,19,21,22);1H/t12-,13-;/m0./s1. The van der Waals surface area contributed by atoms with Gasteiger partial charge >= 0.3 is 0 Å². The van der Waals surface area contributed by atoms with Crippen molar-refractivity contribution in [2.45, 2.75) is 39.7 Å². The van der Waals surface area contributed by atoms with Gasteiger partial charge in [-0.25, -0.2) is 0 Å². The van der Waals surface area contributed by atoms with E-state index in [1.165, 1.54) is 22.5 Å². The average Bonchev–Trinajstić information content (AvgIpc) is 2.95. The molecule has 5 nitrogen and oxygen atoms in total. The van der Waals surface area contributed by atoms with Crippen molar-refractivity contribution in [1.29, 1.82) is 0 Å². The Morgan fingerprint density at radius 2 is 1.96 bits per heavy atom. The summed E-state index contributed by atoms with van der Waals surface area (Å²) >= 11 is 1.43. The molecule has 0 aliphatic carbocycles. The Morgan fingerprint density at radius 3 is 2.62 bits per heavy atom. The van der Waals surface area contributed by atoms with Crippen molar-refractivity contribution in [3.05, 3.63) is 29.3 Å². The highest BCUT2D eigenvalue weighted by Gasteiger charge is 2.25. The summed E-state index contributed by atoms with van der Waals surface area (Å²) in [6.07, 6.45) is 1.74. The molecule has 7 heteroatoms. The van der Waals surface area contributed by atoms with Crippen molar-refractivity contribution in [2.24, 2.45) is 5.92 Å². The molecule has 1 amide bonds. The monoisotopic (exact) mass is 366 g/mol. The highest BCUT2D eigenvalue weighted by Crippen LogP contribution is 2.28. The van der Waals surface area contributed by atoms with Gasteiger partial charge in [-0.15, -0.1) is 22.6 Å². The first-order valence-corrected chi connectivity index (χ1v) is 8.79. The molecule has 0 spiro atoms. The molecule has 0 unspecified atom stereocenters. The van der Waals surface area contributed by atoms with Gasteiger partial charge in [-0.1, -0.05) is 28.5 Å². The molecule has 0 radical (unpaired) electrons. The predicted molar refractivity (Wildman–Crippen MR) is 101 cm³/mol. The van der Waals surface area contributed by atoms with Gasteiger partial charge in [0.2, 0.25) is 11.0 Å². The summed E-state index contributed by atoms with van der Waals surface area (Å²) in [5.41, 5.74) is 3.45. The maximum Gasteiger partial charge on any atom is 0.229 e. The summed E-state index contributed by atoms with van der Waals surface area (Å²) in [7, 11) is 0. The molecule has 1 aliphatic rings. The summed E-state index contributed by atoms with van der Waals surface area (Å²) in [5, 5.41) is 16.1. The number of nitrogens with one attached hydrogen (secondary N) is 2. The topological polar surface area (TPSA) is 66.9 Å². The molecule has 1 aromatic carbocycles. The molecule has 2 heterocycles. The lowest BCUT2D eigenvalue weighted by atomic mass is 9.93. The lowest BCUT2D eigenvalue weighted by molar-refractivity contribution is -0.120. The zero-order chi connectivity index (χ0) is 16.4. The van der Waals surface area contributed by atoms with E-state index >= 15 is 0 Å². The molecular weight excluding hydrogens is 344 g/mol. The molecule has 130 valence electrons. The third-order valence-electron chi connectivity index (χ3n) is 4.12. The van der Waals surface area contributed by atoms with Crippen molar-refractivity contribution in [2.75, 3.05) is 11.9 Å². The molecule has 0 saturated carbocycles. The fraction of sp³-hybridized carbons (Fsp3) is 0.471. The van der Waals surface area contributed by atoms with E-state index in [1.807, 2.05) is 0 Å². The third kappa shape index (κ3) is 4.53. The van der Waals surface area contributed by atoms with Crippen LogP contribution in [0.3, 0.4) is 0 Å². The SMILES string of the molecule is Cc1cc(C)cc(-c2nnc(NC(=O)[C@H]3CCN[C@@H](C)C3)s2)c1.Cl. The second-order valence-corrected chi connectivity index (χ2v) is 7.33. The predicted octanol–water partition coefficient (Wildman–Crippen LogP) is 3.57. The second kappa shape index (κ2) is 8.05. The number of anilines is 1. The van der Waals surface area contributed by atoms with Crippen molar-refractivity contribution in [3.63, 3.8) is 0 Å². The number of carbonyl (C=O) groups excluding carboxylic acids is 1. The van der Waals surface area contributed by atoms with E-state index in [2.05, 4.69) is 59.8 Å². The number of hydrogen-bond donors (Lipinski definition) is 2. The number of benzene rings is 1. The van der Waals surface area contributed by atoms with Crippen molar-refractivity contribution in [1.82, 2.24) is 15.5 Å². The number of amides is 1. The number of aryl methyl sites for hydroxylation is 2. The molecule has 1 fully saturated rings. The van der Waals surface area contributed by atoms with E-state index in [1.54, 1.807) is 0 Å². The van der Waals surface area contributed by atoms with Crippen LogP contribution in [0.1, 0.15) is 30.9 Å². The maximum absolute atomic E-state index is 12.4. The Kier molecular flexibility index (Phi) is 6.32. The van der Waals surface area contributed by atoms with Crippen LogP contribution in [0.4, 0.5) is 5.13 Å². The Hall–Kier alpha value is -1.50. The van der Waals surface area contributed by atoms with Gasteiger partial charge in [-0.05, 0) is 52.3 Å². The highest BCUT2D eigenvalue weighted by atomic mass is 35.5. The summed E-state index contributed by atoms with van der Waals surface area (Å²) < 4.78 is 0. The van der Waals surface area contributed by atoms with Gasteiger partial charge in [-0.2, -0.15) is 0 Å². The van der Waals surface area contributed by atoms with Crippen LogP contribution in [-0.4, -0.2) is 28.7 Å². The van der Waals surface area contributed by atoms with Crippen LogP contribution in [0.2, 0.25) is 0 Å². The van der Waals surface area contributed by atoms with E-state index < -0.39 is 0 Å².